The lowest BCUT2D eigenvalue weighted by Gasteiger charge is -2.11. The van der Waals surface area contributed by atoms with Gasteiger partial charge in [0.1, 0.15) is 0 Å². The van der Waals surface area contributed by atoms with Gasteiger partial charge in [0.15, 0.2) is 0 Å². The predicted molar refractivity (Wildman–Crippen MR) is 68.4 cm³/mol. The molecule has 5 nitrogen and oxygen atoms in total. The third-order valence-corrected chi connectivity index (χ3v) is 3.98. The van der Waals surface area contributed by atoms with E-state index in [1.54, 1.807) is 0 Å². The molecule has 0 aromatic carbocycles. The summed E-state index contributed by atoms with van der Waals surface area (Å²) < 4.78 is 31.1. The highest BCUT2D eigenvalue weighted by atomic mass is 32.2. The lowest BCUT2D eigenvalue weighted by atomic mass is 10.3. The van der Waals surface area contributed by atoms with Crippen LogP contribution in [0.4, 0.5) is 0 Å². The Morgan fingerprint density at radius 1 is 1.59 bits per heavy atom. The van der Waals surface area contributed by atoms with Crippen molar-refractivity contribution >= 4 is 10.0 Å². The van der Waals surface area contributed by atoms with E-state index >= 15 is 0 Å². The second kappa shape index (κ2) is 7.10. The first-order chi connectivity index (χ1) is 7.99. The minimum atomic E-state index is -3.18. The zero-order valence-corrected chi connectivity index (χ0v) is 11.2. The molecule has 0 aromatic heterocycles. The van der Waals surface area contributed by atoms with Crippen molar-refractivity contribution in [2.24, 2.45) is 0 Å². The second-order valence-electron chi connectivity index (χ2n) is 4.48. The summed E-state index contributed by atoms with van der Waals surface area (Å²) in [5, 5.41) is 3.17. The first kappa shape index (κ1) is 14.6. The molecule has 17 heavy (non-hydrogen) atoms. The Bertz CT molecular complexity index is 335. The molecule has 6 heteroatoms. The highest BCUT2D eigenvalue weighted by Crippen LogP contribution is 2.06. The third kappa shape index (κ3) is 6.78. The monoisotopic (exact) mass is 262 g/mol. The lowest BCUT2D eigenvalue weighted by Crippen LogP contribution is -2.37. The van der Waals surface area contributed by atoms with Crippen molar-refractivity contribution in [2.75, 3.05) is 32.1 Å². The Balaban J connectivity index is 2.13. The molecule has 1 rings (SSSR count). The molecule has 1 atom stereocenters. The van der Waals surface area contributed by atoms with Gasteiger partial charge in [0.05, 0.1) is 19.0 Å². The molecule has 1 aliphatic rings. The van der Waals surface area contributed by atoms with Gasteiger partial charge in [-0.25, -0.2) is 13.1 Å². The van der Waals surface area contributed by atoms with E-state index in [1.165, 1.54) is 0 Å². The minimum absolute atomic E-state index is 0.101. The van der Waals surface area contributed by atoms with Gasteiger partial charge in [-0.3, -0.25) is 0 Å². The van der Waals surface area contributed by atoms with Crippen LogP contribution < -0.4 is 10.0 Å². The molecule has 0 bridgehead atoms. The smallest absolute Gasteiger partial charge is 0.213 e. The molecular formula is C11H22N2O3S. The summed E-state index contributed by atoms with van der Waals surface area (Å²) >= 11 is 0. The fraction of sp³-hybridized carbons (Fsp3) is 0.818. The van der Waals surface area contributed by atoms with Gasteiger partial charge in [-0.1, -0.05) is 12.2 Å². The van der Waals surface area contributed by atoms with Crippen LogP contribution in [-0.2, 0) is 14.8 Å². The van der Waals surface area contributed by atoms with E-state index in [1.807, 2.05) is 6.92 Å². The number of nitrogens with one attached hydrogen (secondary N) is 2. The highest BCUT2D eigenvalue weighted by molar-refractivity contribution is 7.89. The fourth-order valence-electron chi connectivity index (χ4n) is 1.74. The summed E-state index contributed by atoms with van der Waals surface area (Å²) in [6.45, 7) is 7.67. The van der Waals surface area contributed by atoms with Gasteiger partial charge in [-0.2, -0.15) is 0 Å². The van der Waals surface area contributed by atoms with Crippen molar-refractivity contribution in [1.82, 2.24) is 10.0 Å². The number of ether oxygens (including phenoxy) is 1. The van der Waals surface area contributed by atoms with Gasteiger partial charge in [-0.15, -0.1) is 0 Å². The van der Waals surface area contributed by atoms with E-state index < -0.39 is 10.0 Å². The van der Waals surface area contributed by atoms with Crippen molar-refractivity contribution in [3.8, 4) is 0 Å². The molecule has 0 saturated carbocycles. The van der Waals surface area contributed by atoms with Crippen molar-refractivity contribution < 1.29 is 13.2 Å². The average Bonchev–Trinajstić information content (AvgIpc) is 2.68. The largest absolute Gasteiger partial charge is 0.376 e. The molecule has 1 unspecified atom stereocenters. The molecule has 0 spiro atoms. The molecule has 0 aromatic rings. The Morgan fingerprint density at radius 3 is 2.94 bits per heavy atom. The summed E-state index contributed by atoms with van der Waals surface area (Å²) in [5.74, 6) is 0.160. The predicted octanol–water partition coefficient (Wildman–Crippen LogP) is 0.251. The van der Waals surface area contributed by atoms with Crippen LogP contribution >= 0.6 is 0 Å². The van der Waals surface area contributed by atoms with Crippen LogP contribution in [0.25, 0.3) is 0 Å². The first-order valence-corrected chi connectivity index (χ1v) is 7.58. The molecule has 1 fully saturated rings. The van der Waals surface area contributed by atoms with Crippen LogP contribution in [0.2, 0.25) is 0 Å². The highest BCUT2D eigenvalue weighted by Gasteiger charge is 2.21. The van der Waals surface area contributed by atoms with Crippen LogP contribution in [0, 0.1) is 0 Å². The van der Waals surface area contributed by atoms with Gasteiger partial charge in [0.2, 0.25) is 10.0 Å². The Labute approximate surface area is 104 Å². The Hall–Kier alpha value is -0.430. The Morgan fingerprint density at radius 2 is 2.35 bits per heavy atom. The van der Waals surface area contributed by atoms with E-state index in [2.05, 4.69) is 16.6 Å². The Kier molecular flexibility index (Phi) is 6.11. The van der Waals surface area contributed by atoms with Gasteiger partial charge in [0.25, 0.3) is 0 Å². The van der Waals surface area contributed by atoms with Crippen molar-refractivity contribution in [2.45, 2.75) is 25.8 Å². The van der Waals surface area contributed by atoms with Gasteiger partial charge in [-0.05, 0) is 26.3 Å². The quantitative estimate of drug-likeness (QED) is 0.486. The topological polar surface area (TPSA) is 67.4 Å². The second-order valence-corrected chi connectivity index (χ2v) is 6.33. The zero-order chi connectivity index (χ0) is 12.7. The van der Waals surface area contributed by atoms with E-state index in [9.17, 15) is 8.42 Å². The zero-order valence-electron chi connectivity index (χ0n) is 10.4. The molecule has 100 valence electrons. The first-order valence-electron chi connectivity index (χ1n) is 5.92. The standard InChI is InChI=1S/C11H22N2O3S/c1-10(2)8-16-7-6-13-17(14,15)9-11-4-3-5-12-11/h11-13H,1,3-9H2,2H3. The lowest BCUT2D eigenvalue weighted by molar-refractivity contribution is 0.162. The fourth-order valence-corrected chi connectivity index (χ4v) is 3.06. The molecule has 0 aliphatic carbocycles. The van der Waals surface area contributed by atoms with Crippen molar-refractivity contribution in [1.29, 1.82) is 0 Å². The number of sulfonamides is 1. The summed E-state index contributed by atoms with van der Waals surface area (Å²) in [4.78, 5) is 0. The van der Waals surface area contributed by atoms with Crippen molar-refractivity contribution in [3.05, 3.63) is 12.2 Å². The van der Waals surface area contributed by atoms with E-state index in [0.29, 0.717) is 19.8 Å². The molecule has 1 aliphatic heterocycles. The average molecular weight is 262 g/mol. The normalized spacial score (nSPS) is 20.6. The summed E-state index contributed by atoms with van der Waals surface area (Å²) in [7, 11) is -3.18. The molecule has 1 heterocycles. The third-order valence-electron chi connectivity index (χ3n) is 2.50. The molecular weight excluding hydrogens is 240 g/mol. The van der Waals surface area contributed by atoms with Gasteiger partial charge in [0, 0.05) is 12.6 Å². The van der Waals surface area contributed by atoms with Crippen LogP contribution in [0.3, 0.4) is 0 Å². The van der Waals surface area contributed by atoms with Crippen LogP contribution in [0.15, 0.2) is 12.2 Å². The summed E-state index contributed by atoms with van der Waals surface area (Å²) in [5.41, 5.74) is 0.933. The molecule has 2 N–H and O–H groups in total. The van der Waals surface area contributed by atoms with Crippen LogP contribution in [0.1, 0.15) is 19.8 Å². The molecule has 0 amide bonds. The SMILES string of the molecule is C=C(C)COCCNS(=O)(=O)CC1CCCN1. The maximum atomic E-state index is 11.7. The van der Waals surface area contributed by atoms with Gasteiger partial charge >= 0.3 is 0 Å². The van der Waals surface area contributed by atoms with Crippen molar-refractivity contribution in [3.63, 3.8) is 0 Å². The summed E-state index contributed by atoms with van der Waals surface area (Å²) in [6.07, 6.45) is 2.00. The number of hydrogen-bond donors (Lipinski definition) is 2. The number of rotatable bonds is 8. The van der Waals surface area contributed by atoms with E-state index in [4.69, 9.17) is 4.74 Å². The van der Waals surface area contributed by atoms with Crippen LogP contribution in [0.5, 0.6) is 0 Å². The van der Waals surface area contributed by atoms with Crippen LogP contribution in [-0.4, -0.2) is 46.5 Å². The maximum absolute atomic E-state index is 11.7. The van der Waals surface area contributed by atoms with E-state index in [0.717, 1.165) is 25.0 Å². The summed E-state index contributed by atoms with van der Waals surface area (Å²) in [6, 6.07) is 0.101. The van der Waals surface area contributed by atoms with E-state index in [-0.39, 0.29) is 11.8 Å². The maximum Gasteiger partial charge on any atom is 0.213 e. The molecule has 0 radical (unpaired) electrons. The number of hydrogen-bond acceptors (Lipinski definition) is 4. The molecule has 1 saturated heterocycles. The van der Waals surface area contributed by atoms with Gasteiger partial charge < -0.3 is 10.1 Å². The minimum Gasteiger partial charge on any atom is -0.376 e.